The van der Waals surface area contributed by atoms with Crippen LogP contribution in [-0.4, -0.2) is 62.5 Å². The number of halogens is 8. The molecule has 3 aromatic rings. The number of carbonyl (C=O) groups is 1. The molecule has 1 heterocycles. The summed E-state index contributed by atoms with van der Waals surface area (Å²) < 4.78 is 97.0. The fourth-order valence-corrected chi connectivity index (χ4v) is 6.30. The number of alkyl halides is 6. The van der Waals surface area contributed by atoms with Gasteiger partial charge in [-0.3, -0.25) is 4.79 Å². The van der Waals surface area contributed by atoms with E-state index < -0.39 is 41.7 Å². The van der Waals surface area contributed by atoms with E-state index in [0.29, 0.717) is 66.6 Å². The van der Waals surface area contributed by atoms with E-state index in [1.54, 1.807) is 24.3 Å². The first-order valence-corrected chi connectivity index (χ1v) is 17.0. The van der Waals surface area contributed by atoms with E-state index in [0.717, 1.165) is 11.1 Å². The molecule has 0 aliphatic carbocycles. The number of esters is 1. The summed E-state index contributed by atoms with van der Waals surface area (Å²) in [5.74, 6) is -0.845. The van der Waals surface area contributed by atoms with Crippen molar-refractivity contribution < 1.29 is 50.5 Å². The lowest BCUT2D eigenvalue weighted by atomic mass is 9.84. The minimum atomic E-state index is -4.99. The van der Waals surface area contributed by atoms with Crippen LogP contribution < -0.4 is 0 Å². The number of aliphatic hydroxyl groups is 1. The van der Waals surface area contributed by atoms with Crippen LogP contribution in [0.4, 0.5) is 26.3 Å². The fraction of sp³-hybridized carbons (Fsp3) is 0.432. The van der Waals surface area contributed by atoms with Crippen LogP contribution in [0.3, 0.4) is 0 Å². The average Bonchev–Trinajstić information content (AvgIpc) is 3.09. The predicted octanol–water partition coefficient (Wildman–Crippen LogP) is 9.21. The molecular formula is C37H39Cl2F6NO5. The molecule has 0 aromatic heterocycles. The Bertz CT molecular complexity index is 1590. The molecule has 0 radical (unpaired) electrons. The largest absolute Gasteiger partial charge is 0.469 e. The number of hydrogen-bond donors (Lipinski definition) is 1. The van der Waals surface area contributed by atoms with Crippen molar-refractivity contribution in [2.24, 2.45) is 0 Å². The molecule has 1 N–H and O–H groups in total. The van der Waals surface area contributed by atoms with Gasteiger partial charge in [0.1, 0.15) is 0 Å². The molecule has 6 nitrogen and oxygen atoms in total. The highest BCUT2D eigenvalue weighted by Gasteiger charge is 2.37. The second-order valence-corrected chi connectivity index (χ2v) is 13.2. The average molecular weight is 763 g/mol. The number of methoxy groups -OCH3 is 1. The number of ether oxygens (including phenoxy) is 3. The normalized spacial score (nSPS) is 16.2. The maximum Gasteiger partial charge on any atom is 0.416 e. The number of benzene rings is 3. The number of nitrogens with zero attached hydrogens (tertiary/aromatic N) is 1. The molecule has 3 aromatic carbocycles. The molecule has 0 spiro atoms. The summed E-state index contributed by atoms with van der Waals surface area (Å²) in [5, 5.41) is 11.9. The van der Waals surface area contributed by atoms with Gasteiger partial charge in [0.15, 0.2) is 0 Å². The van der Waals surface area contributed by atoms with Crippen molar-refractivity contribution in [3.05, 3.63) is 116 Å². The molecule has 4 rings (SSSR count). The monoisotopic (exact) mass is 761 g/mol. The van der Waals surface area contributed by atoms with Crippen LogP contribution in [-0.2, 0) is 43.6 Å². The zero-order valence-electron chi connectivity index (χ0n) is 27.8. The first-order valence-electron chi connectivity index (χ1n) is 16.2. The fourth-order valence-electron chi connectivity index (χ4n) is 5.99. The molecule has 0 saturated carbocycles. The molecule has 1 saturated heterocycles. The van der Waals surface area contributed by atoms with Gasteiger partial charge in [-0.25, -0.2) is 0 Å². The minimum Gasteiger partial charge on any atom is -0.469 e. The van der Waals surface area contributed by atoms with Gasteiger partial charge in [-0.1, -0.05) is 65.7 Å². The van der Waals surface area contributed by atoms with Gasteiger partial charge in [0, 0.05) is 19.0 Å². The molecule has 14 heteroatoms. The number of likely N-dealkylation sites (tertiary alicyclic amines) is 1. The lowest BCUT2D eigenvalue weighted by Gasteiger charge is -2.39. The maximum atomic E-state index is 13.5. The Labute approximate surface area is 302 Å². The Kier molecular flexibility index (Phi) is 14.4. The van der Waals surface area contributed by atoms with Crippen molar-refractivity contribution in [1.29, 1.82) is 0 Å². The van der Waals surface area contributed by atoms with Crippen LogP contribution in [0.15, 0.2) is 78.4 Å². The summed E-state index contributed by atoms with van der Waals surface area (Å²) >= 11 is 12.6. The number of piperidine rings is 1. The molecule has 51 heavy (non-hydrogen) atoms. The second-order valence-electron chi connectivity index (χ2n) is 12.3. The zero-order valence-corrected chi connectivity index (χ0v) is 29.3. The summed E-state index contributed by atoms with van der Waals surface area (Å²) in [6.45, 7) is 1.19. The van der Waals surface area contributed by atoms with Crippen molar-refractivity contribution in [1.82, 2.24) is 4.90 Å². The van der Waals surface area contributed by atoms with Gasteiger partial charge in [0.2, 0.25) is 0 Å². The lowest BCUT2D eigenvalue weighted by Crippen LogP contribution is -2.43. The SMILES string of the molecule is COC(=O)CCOC/C=C(\COCc1cc(C(F)(F)F)cc(C(F)(F)F)c1)C(CCN1CCC(O)(c2ccccc2)CC1)c1ccc(Cl)c(Cl)c1. The maximum absolute atomic E-state index is 13.5. The van der Waals surface area contributed by atoms with Crippen molar-refractivity contribution in [2.45, 2.75) is 56.2 Å². The van der Waals surface area contributed by atoms with Gasteiger partial charge in [0.25, 0.3) is 0 Å². The molecule has 1 atom stereocenters. The number of hydrogen-bond acceptors (Lipinski definition) is 6. The molecule has 1 aliphatic rings. The van der Waals surface area contributed by atoms with Crippen molar-refractivity contribution in [2.75, 3.05) is 46.6 Å². The molecule has 0 bridgehead atoms. The van der Waals surface area contributed by atoms with Crippen LogP contribution in [0.2, 0.25) is 10.0 Å². The highest BCUT2D eigenvalue weighted by atomic mass is 35.5. The highest BCUT2D eigenvalue weighted by molar-refractivity contribution is 6.42. The zero-order chi connectivity index (χ0) is 37.2. The second kappa shape index (κ2) is 18.1. The van der Waals surface area contributed by atoms with Crippen LogP contribution in [0.5, 0.6) is 0 Å². The van der Waals surface area contributed by atoms with Crippen molar-refractivity contribution in [3.63, 3.8) is 0 Å². The van der Waals surface area contributed by atoms with Crippen LogP contribution in [0.1, 0.15) is 59.4 Å². The van der Waals surface area contributed by atoms with E-state index in [-0.39, 0.29) is 43.8 Å². The van der Waals surface area contributed by atoms with Crippen molar-refractivity contribution in [3.8, 4) is 0 Å². The van der Waals surface area contributed by atoms with E-state index in [9.17, 15) is 36.2 Å². The topological polar surface area (TPSA) is 68.2 Å². The molecule has 278 valence electrons. The van der Waals surface area contributed by atoms with Crippen molar-refractivity contribution >= 4 is 29.2 Å². The van der Waals surface area contributed by atoms with E-state index in [2.05, 4.69) is 9.64 Å². The standard InChI is InChI=1S/C37H39Cl2F6NO5/c1-49-34(47)11-18-50-17-10-27(24-51-23-25-19-29(36(40,41)42)22-30(20-25)37(43,44)45)31(26-7-8-32(38)33(39)21-26)9-14-46-15-12-35(48,13-16-46)28-5-3-2-4-6-28/h2-8,10,19-22,31,48H,9,11-18,23-24H2,1H3/b27-10+. The smallest absolute Gasteiger partial charge is 0.416 e. The minimum absolute atomic E-state index is 0.00771. The van der Waals surface area contributed by atoms with Crippen LogP contribution in [0, 0.1) is 0 Å². The summed E-state index contributed by atoms with van der Waals surface area (Å²) in [5.41, 5.74) is -1.86. The molecule has 0 amide bonds. The predicted molar refractivity (Wildman–Crippen MR) is 181 cm³/mol. The summed E-state index contributed by atoms with van der Waals surface area (Å²) in [6.07, 6.45) is -6.70. The third-order valence-corrected chi connectivity index (χ3v) is 9.59. The highest BCUT2D eigenvalue weighted by Crippen LogP contribution is 2.38. The molecule has 1 aliphatic heterocycles. The van der Waals surface area contributed by atoms with Crippen LogP contribution >= 0.6 is 23.2 Å². The molecule has 1 fully saturated rings. The lowest BCUT2D eigenvalue weighted by molar-refractivity contribution is -0.143. The Hall–Kier alpha value is -3.13. The first kappa shape index (κ1) is 40.6. The summed E-state index contributed by atoms with van der Waals surface area (Å²) in [7, 11) is 1.26. The number of rotatable bonds is 15. The van der Waals surface area contributed by atoms with E-state index >= 15 is 0 Å². The molecule has 1 unspecified atom stereocenters. The summed E-state index contributed by atoms with van der Waals surface area (Å²) in [4.78, 5) is 13.8. The van der Waals surface area contributed by atoms with Gasteiger partial charge in [0.05, 0.1) is 66.7 Å². The van der Waals surface area contributed by atoms with Crippen LogP contribution in [0.25, 0.3) is 0 Å². The summed E-state index contributed by atoms with van der Waals surface area (Å²) in [6, 6.07) is 16.0. The third kappa shape index (κ3) is 11.9. The Balaban J connectivity index is 1.56. The van der Waals surface area contributed by atoms with E-state index in [1.165, 1.54) is 7.11 Å². The molecular weight excluding hydrogens is 723 g/mol. The Morgan fingerprint density at radius 1 is 0.922 bits per heavy atom. The van der Waals surface area contributed by atoms with Gasteiger partial charge in [-0.15, -0.1) is 0 Å². The van der Waals surface area contributed by atoms with Gasteiger partial charge >= 0.3 is 18.3 Å². The van der Waals surface area contributed by atoms with Gasteiger partial charge < -0.3 is 24.2 Å². The Morgan fingerprint density at radius 3 is 2.16 bits per heavy atom. The van der Waals surface area contributed by atoms with Gasteiger partial charge in [-0.2, -0.15) is 26.3 Å². The van der Waals surface area contributed by atoms with Gasteiger partial charge in [-0.05, 0) is 78.4 Å². The quantitative estimate of drug-likeness (QED) is 0.0721. The first-order chi connectivity index (χ1) is 24.1. The van der Waals surface area contributed by atoms with E-state index in [1.807, 2.05) is 30.3 Å². The Morgan fingerprint density at radius 2 is 1.57 bits per heavy atom. The third-order valence-electron chi connectivity index (χ3n) is 8.85. The van der Waals surface area contributed by atoms with E-state index in [4.69, 9.17) is 32.7 Å². The number of carbonyl (C=O) groups excluding carboxylic acids is 1.